The Morgan fingerprint density at radius 2 is 1.96 bits per heavy atom. The van der Waals surface area contributed by atoms with Crippen molar-refractivity contribution in [3.63, 3.8) is 0 Å². The molecule has 138 valence electrons. The zero-order valence-electron chi connectivity index (χ0n) is 14.6. The molecule has 0 saturated carbocycles. The van der Waals surface area contributed by atoms with Gasteiger partial charge in [-0.25, -0.2) is 13.8 Å². The van der Waals surface area contributed by atoms with Gasteiger partial charge in [0.25, 0.3) is 5.91 Å². The standard InChI is InChI=1S/C20H17F2N3OS/c1-12-2-4-13(5-3-12)18-17(25-8-9-27-20(25)24-18)11-23-19(26)14-6-7-15(21)16(22)10-14/h2-7,10H,8-9,11H2,1H3,(H,23,26). The van der Waals surface area contributed by atoms with Gasteiger partial charge in [0.05, 0.1) is 17.9 Å². The fourth-order valence-corrected chi connectivity index (χ4v) is 4.03. The lowest BCUT2D eigenvalue weighted by atomic mass is 10.1. The van der Waals surface area contributed by atoms with Gasteiger partial charge in [-0.2, -0.15) is 0 Å². The topological polar surface area (TPSA) is 46.9 Å². The van der Waals surface area contributed by atoms with Crippen LogP contribution in [0.1, 0.15) is 21.6 Å². The maximum absolute atomic E-state index is 13.4. The van der Waals surface area contributed by atoms with Gasteiger partial charge >= 0.3 is 0 Å². The van der Waals surface area contributed by atoms with Gasteiger partial charge in [0, 0.05) is 23.4 Å². The second-order valence-electron chi connectivity index (χ2n) is 6.37. The normalized spacial score (nSPS) is 12.9. The molecule has 4 nitrogen and oxygen atoms in total. The van der Waals surface area contributed by atoms with Crippen LogP contribution < -0.4 is 5.32 Å². The number of nitrogens with one attached hydrogen (secondary N) is 1. The second kappa shape index (κ2) is 7.15. The monoisotopic (exact) mass is 385 g/mol. The summed E-state index contributed by atoms with van der Waals surface area (Å²) >= 11 is 1.68. The number of aryl methyl sites for hydroxylation is 1. The zero-order chi connectivity index (χ0) is 19.0. The van der Waals surface area contributed by atoms with Gasteiger partial charge in [-0.1, -0.05) is 41.6 Å². The molecular weight excluding hydrogens is 368 g/mol. The molecule has 0 unspecified atom stereocenters. The fourth-order valence-electron chi connectivity index (χ4n) is 3.06. The molecule has 1 aliphatic rings. The summed E-state index contributed by atoms with van der Waals surface area (Å²) in [5.74, 6) is -1.52. The lowest BCUT2D eigenvalue weighted by Gasteiger charge is -2.10. The van der Waals surface area contributed by atoms with Crippen LogP contribution in [0.4, 0.5) is 8.78 Å². The van der Waals surface area contributed by atoms with Crippen LogP contribution in [0, 0.1) is 18.6 Å². The molecule has 4 rings (SSSR count). The van der Waals surface area contributed by atoms with Crippen LogP contribution in [0.25, 0.3) is 11.3 Å². The summed E-state index contributed by atoms with van der Waals surface area (Å²) in [4.78, 5) is 17.1. The molecule has 27 heavy (non-hydrogen) atoms. The van der Waals surface area contributed by atoms with E-state index in [9.17, 15) is 13.6 Å². The summed E-state index contributed by atoms with van der Waals surface area (Å²) in [7, 11) is 0. The molecule has 2 heterocycles. The minimum atomic E-state index is -1.04. The Morgan fingerprint density at radius 1 is 1.19 bits per heavy atom. The van der Waals surface area contributed by atoms with Crippen molar-refractivity contribution in [1.82, 2.24) is 14.9 Å². The molecule has 0 saturated heterocycles. The number of nitrogens with zero attached hydrogens (tertiary/aromatic N) is 2. The van der Waals surface area contributed by atoms with Crippen molar-refractivity contribution in [1.29, 1.82) is 0 Å². The number of hydrogen-bond acceptors (Lipinski definition) is 3. The smallest absolute Gasteiger partial charge is 0.251 e. The van der Waals surface area contributed by atoms with Gasteiger partial charge in [0.1, 0.15) is 0 Å². The zero-order valence-corrected chi connectivity index (χ0v) is 15.4. The number of aromatic nitrogens is 2. The molecule has 7 heteroatoms. The van der Waals surface area contributed by atoms with E-state index in [4.69, 9.17) is 4.98 Å². The van der Waals surface area contributed by atoms with Crippen LogP contribution in [0.3, 0.4) is 0 Å². The van der Waals surface area contributed by atoms with Crippen molar-refractivity contribution in [2.45, 2.75) is 25.2 Å². The molecular formula is C20H17F2N3OS. The Morgan fingerprint density at radius 3 is 2.70 bits per heavy atom. The first-order valence-electron chi connectivity index (χ1n) is 8.55. The van der Waals surface area contributed by atoms with E-state index in [1.165, 1.54) is 6.07 Å². The first-order valence-corrected chi connectivity index (χ1v) is 9.54. The highest BCUT2D eigenvalue weighted by Crippen LogP contribution is 2.33. The number of imidazole rings is 1. The Kier molecular flexibility index (Phi) is 4.70. The van der Waals surface area contributed by atoms with Gasteiger partial charge in [-0.15, -0.1) is 0 Å². The minimum absolute atomic E-state index is 0.0846. The third-order valence-electron chi connectivity index (χ3n) is 4.51. The number of halogens is 2. The maximum atomic E-state index is 13.4. The number of thioether (sulfide) groups is 1. The second-order valence-corrected chi connectivity index (χ2v) is 7.43. The molecule has 0 bridgehead atoms. The van der Waals surface area contributed by atoms with Gasteiger partial charge in [-0.05, 0) is 25.1 Å². The summed E-state index contributed by atoms with van der Waals surface area (Å²) in [5, 5.41) is 3.73. The Labute approximate surface area is 159 Å². The van der Waals surface area contributed by atoms with E-state index in [1.54, 1.807) is 11.8 Å². The highest BCUT2D eigenvalue weighted by atomic mass is 32.2. The van der Waals surface area contributed by atoms with Crippen LogP contribution >= 0.6 is 11.8 Å². The average molecular weight is 385 g/mol. The first kappa shape index (κ1) is 17.7. The fraction of sp³-hybridized carbons (Fsp3) is 0.200. The number of hydrogen-bond donors (Lipinski definition) is 1. The highest BCUT2D eigenvalue weighted by Gasteiger charge is 2.23. The molecule has 2 aromatic carbocycles. The summed E-state index contributed by atoms with van der Waals surface area (Å²) in [5.41, 5.74) is 3.98. The SMILES string of the molecule is Cc1ccc(-c2nc3n(c2CNC(=O)c2ccc(F)c(F)c2)CCS3)cc1. The van der Waals surface area contributed by atoms with Crippen molar-refractivity contribution in [3.8, 4) is 11.3 Å². The molecule has 0 atom stereocenters. The van der Waals surface area contributed by atoms with Crippen LogP contribution in [0.15, 0.2) is 47.6 Å². The third-order valence-corrected chi connectivity index (χ3v) is 5.46. The summed E-state index contributed by atoms with van der Waals surface area (Å²) in [6.07, 6.45) is 0. The number of rotatable bonds is 4. The Bertz CT molecular complexity index is 1010. The van der Waals surface area contributed by atoms with Crippen molar-refractivity contribution < 1.29 is 13.6 Å². The number of carbonyl (C=O) groups is 1. The molecule has 0 radical (unpaired) electrons. The van der Waals surface area contributed by atoms with E-state index >= 15 is 0 Å². The third kappa shape index (κ3) is 3.47. The molecule has 1 amide bonds. The van der Waals surface area contributed by atoms with Crippen LogP contribution in [0.2, 0.25) is 0 Å². The Hall–Kier alpha value is -2.67. The van der Waals surface area contributed by atoms with Gasteiger partial charge < -0.3 is 9.88 Å². The van der Waals surface area contributed by atoms with Crippen molar-refractivity contribution in [3.05, 3.63) is 70.9 Å². The van der Waals surface area contributed by atoms with Gasteiger partial charge in [0.2, 0.25) is 0 Å². The van der Waals surface area contributed by atoms with E-state index in [2.05, 4.69) is 9.88 Å². The molecule has 1 N–H and O–H groups in total. The molecule has 1 aliphatic heterocycles. The lowest BCUT2D eigenvalue weighted by molar-refractivity contribution is 0.0949. The van der Waals surface area contributed by atoms with E-state index < -0.39 is 17.5 Å². The first-order chi connectivity index (χ1) is 13.0. The number of carbonyl (C=O) groups excluding carboxylic acids is 1. The average Bonchev–Trinajstić information content (AvgIpc) is 3.24. The van der Waals surface area contributed by atoms with Crippen molar-refractivity contribution in [2.24, 2.45) is 0 Å². The van der Waals surface area contributed by atoms with E-state index in [1.807, 2.05) is 31.2 Å². The summed E-state index contributed by atoms with van der Waals surface area (Å²) < 4.78 is 28.6. The van der Waals surface area contributed by atoms with Gasteiger partial charge in [-0.3, -0.25) is 4.79 Å². The lowest BCUT2D eigenvalue weighted by Crippen LogP contribution is -2.24. The number of benzene rings is 2. The largest absolute Gasteiger partial charge is 0.346 e. The predicted octanol–water partition coefficient (Wildman–Crippen LogP) is 4.17. The van der Waals surface area contributed by atoms with E-state index in [-0.39, 0.29) is 12.1 Å². The molecule has 3 aromatic rings. The van der Waals surface area contributed by atoms with Crippen molar-refractivity contribution >= 4 is 17.7 Å². The quantitative estimate of drug-likeness (QED) is 0.733. The van der Waals surface area contributed by atoms with E-state index in [0.29, 0.717) is 0 Å². The summed E-state index contributed by atoms with van der Waals surface area (Å²) in [6, 6.07) is 11.2. The number of amides is 1. The molecule has 0 fully saturated rings. The maximum Gasteiger partial charge on any atom is 0.251 e. The summed E-state index contributed by atoms with van der Waals surface area (Å²) in [6.45, 7) is 3.11. The molecule has 0 aliphatic carbocycles. The van der Waals surface area contributed by atoms with Crippen LogP contribution in [-0.2, 0) is 13.1 Å². The Balaban J connectivity index is 1.60. The van der Waals surface area contributed by atoms with Crippen LogP contribution in [0.5, 0.6) is 0 Å². The van der Waals surface area contributed by atoms with E-state index in [0.717, 1.165) is 52.1 Å². The molecule has 1 aromatic heterocycles. The highest BCUT2D eigenvalue weighted by molar-refractivity contribution is 7.99. The predicted molar refractivity (Wildman–Crippen MR) is 101 cm³/mol. The van der Waals surface area contributed by atoms with Crippen LogP contribution in [-0.4, -0.2) is 21.2 Å². The van der Waals surface area contributed by atoms with Crippen molar-refractivity contribution in [2.75, 3.05) is 5.75 Å². The van der Waals surface area contributed by atoms with Gasteiger partial charge in [0.15, 0.2) is 16.8 Å². The number of fused-ring (bicyclic) bond motifs is 1. The minimum Gasteiger partial charge on any atom is -0.346 e. The molecule has 0 spiro atoms.